The van der Waals surface area contributed by atoms with Crippen molar-refractivity contribution in [3.63, 3.8) is 0 Å². The highest BCUT2D eigenvalue weighted by Crippen LogP contribution is 2.36. The second kappa shape index (κ2) is 8.42. The molecule has 2 aliphatic rings. The highest BCUT2D eigenvalue weighted by atomic mass is 32.2. The first kappa shape index (κ1) is 22.6. The number of nitriles is 1. The Kier molecular flexibility index (Phi) is 5.95. The molecule has 0 fully saturated rings. The van der Waals surface area contributed by atoms with E-state index >= 15 is 0 Å². The van der Waals surface area contributed by atoms with Crippen molar-refractivity contribution in [1.82, 2.24) is 0 Å². The van der Waals surface area contributed by atoms with Gasteiger partial charge < -0.3 is 5.11 Å². The fourth-order valence-corrected chi connectivity index (χ4v) is 6.64. The van der Waals surface area contributed by atoms with Gasteiger partial charge in [-0.25, -0.2) is 8.60 Å². The van der Waals surface area contributed by atoms with Crippen LogP contribution in [-0.2, 0) is 52.2 Å². The van der Waals surface area contributed by atoms with Crippen molar-refractivity contribution in [1.29, 1.82) is 5.26 Å². The minimum Gasteiger partial charge on any atom is -0.386 e. The molecule has 0 aromatic heterocycles. The van der Waals surface area contributed by atoms with Crippen molar-refractivity contribution >= 4 is 15.5 Å². The van der Waals surface area contributed by atoms with Gasteiger partial charge in [-0.2, -0.15) is 5.26 Å². The molecule has 5 nitrogen and oxygen atoms in total. The van der Waals surface area contributed by atoms with Gasteiger partial charge in [-0.05, 0) is 97.9 Å². The van der Waals surface area contributed by atoms with E-state index in [0.29, 0.717) is 5.56 Å². The number of aryl methyl sites for hydroxylation is 2. The van der Waals surface area contributed by atoms with Crippen molar-refractivity contribution in [3.8, 4) is 6.19 Å². The molecule has 2 aliphatic carbocycles. The van der Waals surface area contributed by atoms with E-state index in [1.54, 1.807) is 0 Å². The number of hydrogen-bond acceptors (Lipinski definition) is 5. The van der Waals surface area contributed by atoms with Crippen LogP contribution in [0.3, 0.4) is 0 Å². The van der Waals surface area contributed by atoms with Crippen molar-refractivity contribution < 1.29 is 18.5 Å². The highest BCUT2D eigenvalue weighted by molar-refractivity contribution is 7.94. The zero-order chi connectivity index (χ0) is 23.1. The lowest BCUT2D eigenvalue weighted by atomic mass is 9.91. The summed E-state index contributed by atoms with van der Waals surface area (Å²) in [4.78, 5) is 12.8. The zero-order valence-electron chi connectivity index (χ0n) is 18.4. The first-order chi connectivity index (χ1) is 15.1. The lowest BCUT2D eigenvalue weighted by Crippen LogP contribution is -2.22. The highest BCUT2D eigenvalue weighted by Gasteiger charge is 2.28. The maximum atomic E-state index is 14.7. The second-order valence-electron chi connectivity index (χ2n) is 9.23. The van der Waals surface area contributed by atoms with E-state index < -0.39 is 26.9 Å². The molecule has 0 bridgehead atoms. The third kappa shape index (κ3) is 4.22. The van der Waals surface area contributed by atoms with Gasteiger partial charge in [0.05, 0.1) is 16.2 Å². The quantitative estimate of drug-likeness (QED) is 0.664. The van der Waals surface area contributed by atoms with E-state index in [4.69, 9.17) is 5.26 Å². The summed E-state index contributed by atoms with van der Waals surface area (Å²) in [7, 11) is -3.65. The molecule has 0 aliphatic heterocycles. The van der Waals surface area contributed by atoms with Gasteiger partial charge >= 0.3 is 0 Å². The summed E-state index contributed by atoms with van der Waals surface area (Å²) < 4.78 is 31.8. The molecule has 4 rings (SSSR count). The van der Waals surface area contributed by atoms with Gasteiger partial charge in [-0.3, -0.25) is 4.79 Å². The maximum Gasteiger partial charge on any atom is 0.214 e. The zero-order valence-corrected chi connectivity index (χ0v) is 19.2. The van der Waals surface area contributed by atoms with Crippen molar-refractivity contribution in [3.05, 3.63) is 63.5 Å². The second-order valence-corrected chi connectivity index (χ2v) is 11.4. The number of Topliss-reactive ketones (excluding diaryl/α,β-unsaturated/α-hetero) is 1. The molecule has 0 saturated carbocycles. The van der Waals surface area contributed by atoms with Gasteiger partial charge in [-0.15, -0.1) is 4.36 Å². The molecule has 168 valence electrons. The predicted octanol–water partition coefficient (Wildman–Crippen LogP) is 4.15. The number of halogens is 1. The minimum absolute atomic E-state index is 0.121. The van der Waals surface area contributed by atoms with Crippen LogP contribution >= 0.6 is 0 Å². The number of rotatable bonds is 6. The summed E-state index contributed by atoms with van der Waals surface area (Å²) in [6, 6.07) is 6.02. The monoisotopic (exact) mass is 454 g/mol. The van der Waals surface area contributed by atoms with Crippen molar-refractivity contribution in [2.24, 2.45) is 4.36 Å². The standard InChI is InChI=1S/C25H27FN2O3S/c1-25(2,30)18-9-10-23(26)24(12-18)32(31,28-15-27)14-19(29)13-22-20-7-3-5-16(20)11-17-6-4-8-21(17)22/h9-12,30H,3-8,13-14H2,1-2H3. The number of ketones is 1. The molecule has 2 aromatic carbocycles. The average Bonchev–Trinajstić information content (AvgIpc) is 3.36. The number of hydrogen-bond donors (Lipinski definition) is 1. The van der Waals surface area contributed by atoms with E-state index in [1.165, 1.54) is 54.4 Å². The van der Waals surface area contributed by atoms with E-state index in [-0.39, 0.29) is 17.1 Å². The maximum absolute atomic E-state index is 14.7. The van der Waals surface area contributed by atoms with Crippen LogP contribution in [-0.4, -0.2) is 20.9 Å². The Hall–Kier alpha value is -2.56. The topological polar surface area (TPSA) is 90.5 Å². The third-order valence-corrected chi connectivity index (χ3v) is 8.59. The molecule has 7 heteroatoms. The summed E-state index contributed by atoms with van der Waals surface area (Å²) in [6.45, 7) is 3.05. The van der Waals surface area contributed by atoms with Gasteiger partial charge in [0.2, 0.25) is 6.19 Å². The van der Waals surface area contributed by atoms with E-state index in [2.05, 4.69) is 10.4 Å². The summed E-state index contributed by atoms with van der Waals surface area (Å²) >= 11 is 0. The predicted molar refractivity (Wildman–Crippen MR) is 120 cm³/mol. The summed E-state index contributed by atoms with van der Waals surface area (Å²) in [5, 5.41) is 19.4. The molecule has 1 atom stereocenters. The number of benzene rings is 2. The first-order valence-electron chi connectivity index (χ1n) is 10.9. The van der Waals surface area contributed by atoms with Crippen LogP contribution < -0.4 is 0 Å². The van der Waals surface area contributed by atoms with Crippen LogP contribution in [0.25, 0.3) is 0 Å². The Morgan fingerprint density at radius 3 is 2.34 bits per heavy atom. The van der Waals surface area contributed by atoms with Crippen LogP contribution in [0.4, 0.5) is 4.39 Å². The van der Waals surface area contributed by atoms with Gasteiger partial charge in [0.1, 0.15) is 15.5 Å². The molecule has 0 spiro atoms. The normalized spacial score (nSPS) is 16.7. The average molecular weight is 455 g/mol. The Morgan fingerprint density at radius 1 is 1.16 bits per heavy atom. The van der Waals surface area contributed by atoms with E-state index in [9.17, 15) is 18.5 Å². The molecule has 0 amide bonds. The van der Waals surface area contributed by atoms with Crippen LogP contribution in [0.1, 0.15) is 60.1 Å². The smallest absolute Gasteiger partial charge is 0.214 e. The fraction of sp³-hybridized carbons (Fsp3) is 0.440. The molecule has 1 N–H and O–H groups in total. The Balaban J connectivity index is 1.69. The van der Waals surface area contributed by atoms with E-state index in [0.717, 1.165) is 50.2 Å². The molecule has 0 heterocycles. The molecule has 2 aromatic rings. The molecule has 0 saturated heterocycles. The van der Waals surface area contributed by atoms with Gasteiger partial charge in [0, 0.05) is 6.42 Å². The molecule has 1 unspecified atom stereocenters. The minimum atomic E-state index is -3.65. The first-order valence-corrected chi connectivity index (χ1v) is 12.6. The van der Waals surface area contributed by atoms with Gasteiger partial charge in [-0.1, -0.05) is 12.1 Å². The number of carbonyl (C=O) groups excluding carboxylic acids is 1. The van der Waals surface area contributed by atoms with Gasteiger partial charge in [0.25, 0.3) is 0 Å². The van der Waals surface area contributed by atoms with Crippen LogP contribution in [0.5, 0.6) is 0 Å². The Morgan fingerprint density at radius 2 is 1.78 bits per heavy atom. The lowest BCUT2D eigenvalue weighted by molar-refractivity contribution is -0.116. The van der Waals surface area contributed by atoms with Crippen LogP contribution in [0, 0.1) is 17.3 Å². The summed E-state index contributed by atoms with van der Waals surface area (Å²) in [5.74, 6) is -1.67. The van der Waals surface area contributed by atoms with E-state index in [1.807, 2.05) is 0 Å². The number of carbonyl (C=O) groups is 1. The largest absolute Gasteiger partial charge is 0.386 e. The molecular formula is C25H27FN2O3S. The number of aliphatic hydroxyl groups is 1. The number of nitrogens with zero attached hydrogens (tertiary/aromatic N) is 2. The summed E-state index contributed by atoms with van der Waals surface area (Å²) in [6.07, 6.45) is 7.66. The third-order valence-electron chi connectivity index (χ3n) is 6.50. The fourth-order valence-electron chi connectivity index (χ4n) is 4.97. The number of fused-ring (bicyclic) bond motifs is 2. The SMILES string of the molecule is CC(C)(O)c1ccc(F)c(S(=O)(CC(=O)Cc2c3c(cc4c2CCC4)CCC3)=NC#N)c1. The van der Waals surface area contributed by atoms with Gasteiger partial charge in [0.15, 0.2) is 5.78 Å². The molecule has 0 radical (unpaired) electrons. The van der Waals surface area contributed by atoms with Crippen LogP contribution in [0.2, 0.25) is 0 Å². The lowest BCUT2D eigenvalue weighted by Gasteiger charge is -2.20. The Bertz CT molecular complexity index is 1230. The van der Waals surface area contributed by atoms with Crippen molar-refractivity contribution in [2.45, 2.75) is 69.3 Å². The molecular weight excluding hydrogens is 427 g/mol. The van der Waals surface area contributed by atoms with Crippen molar-refractivity contribution in [2.75, 3.05) is 5.75 Å². The van der Waals surface area contributed by atoms with Crippen LogP contribution in [0.15, 0.2) is 33.5 Å². The summed E-state index contributed by atoms with van der Waals surface area (Å²) in [5.41, 5.74) is 5.16. The molecule has 32 heavy (non-hydrogen) atoms. The Labute approximate surface area is 188 Å².